The lowest BCUT2D eigenvalue weighted by Gasteiger charge is -2.47. The summed E-state index contributed by atoms with van der Waals surface area (Å²) in [6.07, 6.45) is 5.57. The first-order chi connectivity index (χ1) is 13.5. The van der Waals surface area contributed by atoms with E-state index in [4.69, 9.17) is 5.11 Å². The Hall–Kier alpha value is -2.65. The number of β-lactam (4-membered cyclic amide) rings is 1. The van der Waals surface area contributed by atoms with E-state index in [1.165, 1.54) is 11.3 Å². The molecule has 0 radical (unpaired) electrons. The summed E-state index contributed by atoms with van der Waals surface area (Å²) in [5.74, 6) is -0.439. The molecule has 2 amide bonds. The number of rotatable bonds is 6. The summed E-state index contributed by atoms with van der Waals surface area (Å²) in [5, 5.41) is 13.7. The van der Waals surface area contributed by atoms with Gasteiger partial charge in [-0.1, -0.05) is 6.07 Å². The van der Waals surface area contributed by atoms with Crippen LogP contribution in [0.1, 0.15) is 15.2 Å². The van der Waals surface area contributed by atoms with Crippen LogP contribution in [-0.2, 0) is 22.6 Å². The molecule has 7 nitrogen and oxygen atoms in total. The molecule has 2 aliphatic heterocycles. The van der Waals surface area contributed by atoms with E-state index in [-0.39, 0.29) is 22.8 Å². The first-order valence-electron chi connectivity index (χ1n) is 8.69. The van der Waals surface area contributed by atoms with Crippen LogP contribution in [0, 0.1) is 0 Å². The van der Waals surface area contributed by atoms with Gasteiger partial charge in [-0.2, -0.15) is 0 Å². The largest absolute Gasteiger partial charge is 0.478 e. The van der Waals surface area contributed by atoms with Crippen LogP contribution in [0.25, 0.3) is 0 Å². The number of carbonyl (C=O) groups is 3. The number of nitrogens with zero attached hydrogens (tertiary/aromatic N) is 2. The number of hydrogen-bond acceptors (Lipinski definition) is 5. The normalized spacial score (nSPS) is 20.8. The van der Waals surface area contributed by atoms with Gasteiger partial charge < -0.3 is 15.3 Å². The van der Waals surface area contributed by atoms with Crippen molar-refractivity contribution in [3.8, 4) is 0 Å². The van der Waals surface area contributed by atoms with Crippen LogP contribution >= 0.6 is 23.1 Å². The van der Waals surface area contributed by atoms with Gasteiger partial charge in [-0.15, -0.1) is 23.1 Å². The predicted octanol–water partition coefficient (Wildman–Crippen LogP) is 1.26. The Balaban J connectivity index is 1.35. The van der Waals surface area contributed by atoms with E-state index in [0.717, 1.165) is 16.2 Å². The molecule has 2 N–H and O–H groups in total. The van der Waals surface area contributed by atoms with E-state index in [1.807, 2.05) is 28.3 Å². The fourth-order valence-electron chi connectivity index (χ4n) is 3.18. The number of carboxylic acid groups (broad SMARTS) is 1. The summed E-state index contributed by atoms with van der Waals surface area (Å²) in [6.45, 7) is 0.582. The van der Waals surface area contributed by atoms with Crippen LogP contribution in [0.5, 0.6) is 0 Å². The minimum Gasteiger partial charge on any atom is -0.478 e. The van der Waals surface area contributed by atoms with Crippen molar-refractivity contribution in [2.24, 2.45) is 0 Å². The zero-order valence-corrected chi connectivity index (χ0v) is 16.4. The van der Waals surface area contributed by atoms with Crippen molar-refractivity contribution in [1.82, 2.24) is 10.2 Å². The van der Waals surface area contributed by atoms with Gasteiger partial charge in [-0.25, -0.2) is 9.36 Å². The molecular formula is C19H18N3O4S2+. The third kappa shape index (κ3) is 3.81. The molecule has 9 heteroatoms. The van der Waals surface area contributed by atoms with Crippen LogP contribution in [0.4, 0.5) is 0 Å². The SMILES string of the molecule is O=C(Cc1cccs1)N[C@@H]1C(=O)N2C=C(C[n+]3ccc(C(=O)O)cc3)CS[C@H]12. The zero-order chi connectivity index (χ0) is 19.7. The smallest absolute Gasteiger partial charge is 0.336 e. The summed E-state index contributed by atoms with van der Waals surface area (Å²) in [6, 6.07) is 6.44. The van der Waals surface area contributed by atoms with Crippen molar-refractivity contribution < 1.29 is 24.1 Å². The van der Waals surface area contributed by atoms with Gasteiger partial charge in [0.05, 0.1) is 12.0 Å². The van der Waals surface area contributed by atoms with E-state index >= 15 is 0 Å². The van der Waals surface area contributed by atoms with Gasteiger partial charge in [0.1, 0.15) is 11.4 Å². The number of aromatic carboxylic acids is 1. The van der Waals surface area contributed by atoms with E-state index < -0.39 is 12.0 Å². The molecule has 0 bridgehead atoms. The lowest BCUT2D eigenvalue weighted by atomic mass is 10.1. The molecule has 4 heterocycles. The van der Waals surface area contributed by atoms with Crippen LogP contribution in [0.3, 0.4) is 0 Å². The van der Waals surface area contributed by atoms with Crippen LogP contribution < -0.4 is 9.88 Å². The molecule has 28 heavy (non-hydrogen) atoms. The Bertz CT molecular complexity index is 941. The predicted molar refractivity (Wildman–Crippen MR) is 105 cm³/mol. The molecule has 144 valence electrons. The van der Waals surface area contributed by atoms with Crippen molar-refractivity contribution in [3.63, 3.8) is 0 Å². The monoisotopic (exact) mass is 416 g/mol. The Morgan fingerprint density at radius 3 is 2.75 bits per heavy atom. The molecule has 2 aromatic heterocycles. The van der Waals surface area contributed by atoms with Gasteiger partial charge in [0.2, 0.25) is 5.91 Å². The number of thioether (sulfide) groups is 1. The average Bonchev–Trinajstić information content (AvgIpc) is 3.19. The number of aromatic nitrogens is 1. The summed E-state index contributed by atoms with van der Waals surface area (Å²) < 4.78 is 1.88. The quantitative estimate of drug-likeness (QED) is 0.547. The van der Waals surface area contributed by atoms with Gasteiger partial charge in [0, 0.05) is 34.5 Å². The van der Waals surface area contributed by atoms with Gasteiger partial charge in [0.25, 0.3) is 5.91 Å². The average molecular weight is 417 g/mol. The second-order valence-electron chi connectivity index (χ2n) is 6.60. The number of pyridine rings is 1. The fraction of sp³-hybridized carbons (Fsp3) is 0.263. The lowest BCUT2D eigenvalue weighted by Crippen LogP contribution is -2.68. The summed E-state index contributed by atoms with van der Waals surface area (Å²) >= 11 is 3.15. The maximum Gasteiger partial charge on any atom is 0.336 e. The van der Waals surface area contributed by atoms with E-state index in [9.17, 15) is 14.4 Å². The molecule has 0 aromatic carbocycles. The number of hydrogen-bond donors (Lipinski definition) is 2. The van der Waals surface area contributed by atoms with Crippen molar-refractivity contribution in [3.05, 3.63) is 64.3 Å². The second-order valence-corrected chi connectivity index (χ2v) is 8.74. The minimum atomic E-state index is -0.958. The third-order valence-electron chi connectivity index (χ3n) is 4.60. The van der Waals surface area contributed by atoms with Crippen molar-refractivity contribution >= 4 is 40.9 Å². The van der Waals surface area contributed by atoms with Crippen molar-refractivity contribution in [1.29, 1.82) is 0 Å². The highest BCUT2D eigenvalue weighted by Gasteiger charge is 2.49. The molecule has 4 rings (SSSR count). The Kier molecular flexibility index (Phi) is 5.19. The molecule has 1 fully saturated rings. The molecule has 1 saturated heterocycles. The number of amides is 2. The molecule has 0 saturated carbocycles. The third-order valence-corrected chi connectivity index (χ3v) is 6.85. The highest BCUT2D eigenvalue weighted by atomic mass is 32.2. The fourth-order valence-corrected chi connectivity index (χ4v) is 5.14. The van der Waals surface area contributed by atoms with Crippen LogP contribution in [-0.4, -0.2) is 45.0 Å². The topological polar surface area (TPSA) is 90.6 Å². The molecule has 0 unspecified atom stereocenters. The molecule has 2 atom stereocenters. The number of thiophene rings is 1. The summed E-state index contributed by atoms with van der Waals surface area (Å²) in [7, 11) is 0. The van der Waals surface area contributed by atoms with Gasteiger partial charge in [-0.3, -0.25) is 9.59 Å². The summed E-state index contributed by atoms with van der Waals surface area (Å²) in [4.78, 5) is 38.2. The molecule has 0 aliphatic carbocycles. The van der Waals surface area contributed by atoms with E-state index in [2.05, 4.69) is 5.32 Å². The number of nitrogens with one attached hydrogen (secondary N) is 1. The van der Waals surface area contributed by atoms with Gasteiger partial charge in [-0.05, 0) is 11.4 Å². The second kappa shape index (κ2) is 7.76. The van der Waals surface area contributed by atoms with Crippen LogP contribution in [0.2, 0.25) is 0 Å². The van der Waals surface area contributed by atoms with Gasteiger partial charge in [0.15, 0.2) is 18.9 Å². The molecule has 2 aliphatic rings. The van der Waals surface area contributed by atoms with E-state index in [1.54, 1.807) is 41.2 Å². The van der Waals surface area contributed by atoms with Crippen molar-refractivity contribution in [2.75, 3.05) is 5.75 Å². The Morgan fingerprint density at radius 1 is 1.29 bits per heavy atom. The Labute approximate surface area is 169 Å². The first kappa shape index (κ1) is 18.7. The summed E-state index contributed by atoms with van der Waals surface area (Å²) in [5.41, 5.74) is 1.30. The Morgan fingerprint density at radius 2 is 2.07 bits per heavy atom. The van der Waals surface area contributed by atoms with Crippen LogP contribution in [0.15, 0.2) is 53.8 Å². The highest BCUT2D eigenvalue weighted by molar-refractivity contribution is 8.00. The number of carboxylic acids is 1. The number of fused-ring (bicyclic) bond motifs is 1. The number of carbonyl (C=O) groups excluding carboxylic acids is 2. The minimum absolute atomic E-state index is 0.0667. The highest BCUT2D eigenvalue weighted by Crippen LogP contribution is 2.36. The first-order valence-corrected chi connectivity index (χ1v) is 10.6. The standard InChI is InChI=1S/C19H17N3O4S2/c23-15(8-14-2-1-7-27-14)20-16-17(24)22-10-12(11-28-18(16)22)9-21-5-3-13(4-6-21)19(25)26/h1-7,10,16,18H,8-9,11H2,(H-,20,23,25,26)/p+1/t16-,18-/m1/s1. The maximum atomic E-state index is 12.4. The van der Waals surface area contributed by atoms with Crippen molar-refractivity contribution in [2.45, 2.75) is 24.4 Å². The van der Waals surface area contributed by atoms with Gasteiger partial charge >= 0.3 is 5.97 Å². The lowest BCUT2D eigenvalue weighted by molar-refractivity contribution is -0.689. The molecular weight excluding hydrogens is 398 g/mol. The van der Waals surface area contributed by atoms with E-state index in [0.29, 0.717) is 13.0 Å². The molecule has 0 spiro atoms. The molecule has 2 aromatic rings. The zero-order valence-electron chi connectivity index (χ0n) is 14.8. The maximum absolute atomic E-state index is 12.4.